The number of aliphatic hydroxyl groups is 2. The van der Waals surface area contributed by atoms with E-state index in [-0.39, 0.29) is 6.42 Å². The number of hydrogen-bond donors (Lipinski definition) is 4. The second-order valence-corrected chi connectivity index (χ2v) is 14.1. The van der Waals surface area contributed by atoms with Crippen molar-refractivity contribution in [3.63, 3.8) is 0 Å². The zero-order valence-corrected chi connectivity index (χ0v) is 29.7. The number of amides is 1. The second kappa shape index (κ2) is 31.1. The van der Waals surface area contributed by atoms with Gasteiger partial charge in [-0.2, -0.15) is 8.42 Å². The van der Waals surface area contributed by atoms with Crippen LogP contribution in [-0.4, -0.2) is 53.1 Å². The second-order valence-electron chi connectivity index (χ2n) is 12.6. The van der Waals surface area contributed by atoms with E-state index in [0.29, 0.717) is 12.8 Å². The van der Waals surface area contributed by atoms with Gasteiger partial charge in [0.05, 0.1) is 17.9 Å². The van der Waals surface area contributed by atoms with E-state index in [4.69, 9.17) is 0 Å². The standard InChI is InChI=1S/C37H69NO6S/c1-3-5-7-9-11-13-15-17-18-19-20-22-23-25-27-29-31-35(39)34(33-45(42,43)44)38-37(41)36(40)32-30-28-26-24-21-16-14-12-10-8-6-4-2/h17-18,22-23,29,31,34-36,39-40H,3-16,19-21,24-28,30,32-33H2,1-2H3,(H,38,41)(H,42,43,44)/b18-17+,23-22+,31-29+. The lowest BCUT2D eigenvalue weighted by molar-refractivity contribution is -0.130. The molecule has 0 bridgehead atoms. The van der Waals surface area contributed by atoms with Crippen LogP contribution in [0.2, 0.25) is 0 Å². The molecule has 0 rings (SSSR count). The topological polar surface area (TPSA) is 124 Å². The van der Waals surface area contributed by atoms with E-state index in [2.05, 4.69) is 43.5 Å². The molecular weight excluding hydrogens is 586 g/mol. The number of aliphatic hydroxyl groups excluding tert-OH is 2. The van der Waals surface area contributed by atoms with Gasteiger partial charge in [0.1, 0.15) is 6.10 Å². The van der Waals surface area contributed by atoms with E-state index >= 15 is 0 Å². The van der Waals surface area contributed by atoms with Crippen LogP contribution >= 0.6 is 0 Å². The predicted octanol–water partition coefficient (Wildman–Crippen LogP) is 9.15. The van der Waals surface area contributed by atoms with Gasteiger partial charge in [-0.3, -0.25) is 9.35 Å². The first-order valence-electron chi connectivity index (χ1n) is 18.3. The number of allylic oxidation sites excluding steroid dienone is 5. The fourth-order valence-electron chi connectivity index (χ4n) is 5.31. The Hall–Kier alpha value is -1.48. The first-order chi connectivity index (χ1) is 21.7. The molecule has 0 aliphatic rings. The van der Waals surface area contributed by atoms with E-state index in [1.54, 1.807) is 6.08 Å². The van der Waals surface area contributed by atoms with Gasteiger partial charge in [-0.1, -0.05) is 159 Å². The Balaban J connectivity index is 4.21. The zero-order chi connectivity index (χ0) is 33.4. The first kappa shape index (κ1) is 43.5. The molecule has 8 heteroatoms. The molecule has 45 heavy (non-hydrogen) atoms. The molecule has 0 aliphatic heterocycles. The molecule has 0 aromatic carbocycles. The maximum atomic E-state index is 12.5. The quantitative estimate of drug-likeness (QED) is 0.0326. The first-order valence-corrected chi connectivity index (χ1v) is 19.9. The van der Waals surface area contributed by atoms with Crippen LogP contribution in [0.15, 0.2) is 36.5 Å². The van der Waals surface area contributed by atoms with Gasteiger partial charge in [0.15, 0.2) is 0 Å². The highest BCUT2D eigenvalue weighted by Crippen LogP contribution is 2.14. The minimum atomic E-state index is -4.45. The molecular formula is C37H69NO6S. The number of rotatable bonds is 32. The third-order valence-electron chi connectivity index (χ3n) is 8.15. The van der Waals surface area contributed by atoms with Crippen molar-refractivity contribution in [2.24, 2.45) is 0 Å². The van der Waals surface area contributed by atoms with Crippen LogP contribution in [0.4, 0.5) is 0 Å². The smallest absolute Gasteiger partial charge is 0.267 e. The van der Waals surface area contributed by atoms with Crippen LogP contribution < -0.4 is 5.32 Å². The molecule has 3 unspecified atom stereocenters. The molecule has 0 saturated heterocycles. The van der Waals surface area contributed by atoms with Crippen molar-refractivity contribution in [2.75, 3.05) is 5.75 Å². The highest BCUT2D eigenvalue weighted by Gasteiger charge is 2.27. The molecule has 0 aromatic heterocycles. The Morgan fingerprint density at radius 1 is 0.600 bits per heavy atom. The lowest BCUT2D eigenvalue weighted by Gasteiger charge is -2.22. The van der Waals surface area contributed by atoms with E-state index in [9.17, 15) is 28.0 Å². The molecule has 0 aliphatic carbocycles. The summed E-state index contributed by atoms with van der Waals surface area (Å²) in [6.45, 7) is 4.47. The highest BCUT2D eigenvalue weighted by molar-refractivity contribution is 7.85. The molecule has 0 heterocycles. The van der Waals surface area contributed by atoms with Crippen LogP contribution in [0.25, 0.3) is 0 Å². The summed E-state index contributed by atoms with van der Waals surface area (Å²) in [5, 5.41) is 23.2. The number of hydrogen-bond acceptors (Lipinski definition) is 5. The Labute approximate surface area is 277 Å². The molecule has 0 saturated carbocycles. The van der Waals surface area contributed by atoms with Crippen LogP contribution in [0.5, 0.6) is 0 Å². The summed E-state index contributed by atoms with van der Waals surface area (Å²) in [6, 6.07) is -1.25. The van der Waals surface area contributed by atoms with Crippen molar-refractivity contribution in [2.45, 2.75) is 186 Å². The summed E-state index contributed by atoms with van der Waals surface area (Å²) in [4.78, 5) is 12.5. The van der Waals surface area contributed by atoms with E-state index in [1.807, 2.05) is 0 Å². The fourth-order valence-corrected chi connectivity index (χ4v) is 6.04. The summed E-state index contributed by atoms with van der Waals surface area (Å²) >= 11 is 0. The number of nitrogens with one attached hydrogen (secondary N) is 1. The molecule has 0 aromatic rings. The summed E-state index contributed by atoms with van der Waals surface area (Å²) in [7, 11) is -4.45. The van der Waals surface area contributed by atoms with E-state index < -0.39 is 40.0 Å². The van der Waals surface area contributed by atoms with Gasteiger partial charge in [-0.15, -0.1) is 0 Å². The Morgan fingerprint density at radius 3 is 1.47 bits per heavy atom. The van der Waals surface area contributed by atoms with Crippen molar-refractivity contribution in [1.29, 1.82) is 0 Å². The van der Waals surface area contributed by atoms with Gasteiger partial charge in [-0.25, -0.2) is 0 Å². The van der Waals surface area contributed by atoms with Gasteiger partial charge in [-0.05, 0) is 44.9 Å². The summed E-state index contributed by atoms with van der Waals surface area (Å²) in [6.07, 6.45) is 36.3. The van der Waals surface area contributed by atoms with Crippen LogP contribution in [-0.2, 0) is 14.9 Å². The third-order valence-corrected chi connectivity index (χ3v) is 8.94. The molecule has 0 fully saturated rings. The number of carbonyl (C=O) groups is 1. The van der Waals surface area contributed by atoms with Gasteiger partial charge in [0.25, 0.3) is 10.1 Å². The van der Waals surface area contributed by atoms with Crippen molar-refractivity contribution in [1.82, 2.24) is 5.32 Å². The minimum Gasteiger partial charge on any atom is -0.387 e. The summed E-state index contributed by atoms with van der Waals surface area (Å²) in [5.74, 6) is -1.56. The average molecular weight is 656 g/mol. The van der Waals surface area contributed by atoms with Gasteiger partial charge >= 0.3 is 0 Å². The van der Waals surface area contributed by atoms with Gasteiger partial charge in [0.2, 0.25) is 5.91 Å². The van der Waals surface area contributed by atoms with Crippen LogP contribution in [0.1, 0.15) is 168 Å². The average Bonchev–Trinajstić information content (AvgIpc) is 3.00. The van der Waals surface area contributed by atoms with Gasteiger partial charge < -0.3 is 15.5 Å². The van der Waals surface area contributed by atoms with Crippen molar-refractivity contribution < 1.29 is 28.0 Å². The predicted molar refractivity (Wildman–Crippen MR) is 190 cm³/mol. The Bertz CT molecular complexity index is 870. The maximum Gasteiger partial charge on any atom is 0.267 e. The summed E-state index contributed by atoms with van der Waals surface area (Å²) < 4.78 is 32.4. The fraction of sp³-hybridized carbons (Fsp3) is 0.811. The normalized spacial score (nSPS) is 14.5. The molecule has 264 valence electrons. The zero-order valence-electron chi connectivity index (χ0n) is 28.8. The SMILES string of the molecule is CCCCCCCC/C=C/CC/C=C/CC/C=C/C(O)C(CS(=O)(=O)O)NC(=O)C(O)CCCCCCCCCCCCCC. The molecule has 0 radical (unpaired) electrons. The molecule has 3 atom stereocenters. The van der Waals surface area contributed by atoms with E-state index in [1.165, 1.54) is 96.0 Å². The van der Waals surface area contributed by atoms with Crippen molar-refractivity contribution >= 4 is 16.0 Å². The molecule has 1 amide bonds. The summed E-state index contributed by atoms with van der Waals surface area (Å²) in [5.41, 5.74) is 0. The van der Waals surface area contributed by atoms with Crippen molar-refractivity contribution in [3.8, 4) is 0 Å². The number of unbranched alkanes of at least 4 members (excludes halogenated alkanes) is 19. The van der Waals surface area contributed by atoms with Crippen LogP contribution in [0, 0.1) is 0 Å². The lowest BCUT2D eigenvalue weighted by atomic mass is 10.0. The largest absolute Gasteiger partial charge is 0.387 e. The molecule has 4 N–H and O–H groups in total. The third kappa shape index (κ3) is 30.9. The lowest BCUT2D eigenvalue weighted by Crippen LogP contribution is -2.50. The minimum absolute atomic E-state index is 0.273. The molecule has 7 nitrogen and oxygen atoms in total. The number of carbonyl (C=O) groups excluding carboxylic acids is 1. The monoisotopic (exact) mass is 655 g/mol. The Kier molecular flexibility index (Phi) is 30.1. The van der Waals surface area contributed by atoms with E-state index in [0.717, 1.165) is 44.9 Å². The van der Waals surface area contributed by atoms with Gasteiger partial charge in [0, 0.05) is 0 Å². The van der Waals surface area contributed by atoms with Crippen molar-refractivity contribution in [3.05, 3.63) is 36.5 Å². The maximum absolute atomic E-state index is 12.5. The highest BCUT2D eigenvalue weighted by atomic mass is 32.2. The van der Waals surface area contributed by atoms with Crippen LogP contribution in [0.3, 0.4) is 0 Å². The Morgan fingerprint density at radius 2 is 1.00 bits per heavy atom. The molecule has 0 spiro atoms.